The number of imidazole rings is 1. The van der Waals surface area contributed by atoms with Crippen molar-refractivity contribution in [3.05, 3.63) is 47.1 Å². The first-order valence-electron chi connectivity index (χ1n) is 5.32. The van der Waals surface area contributed by atoms with Gasteiger partial charge in [-0.1, -0.05) is 23.7 Å². The SMILES string of the molecule is Cc1cccnc1-c1nc2c(Cl)cccc2[nH]1. The lowest BCUT2D eigenvalue weighted by molar-refractivity contribution is 1.20. The van der Waals surface area contributed by atoms with Crippen molar-refractivity contribution in [3.8, 4) is 11.5 Å². The highest BCUT2D eigenvalue weighted by Gasteiger charge is 2.10. The molecule has 2 heterocycles. The van der Waals surface area contributed by atoms with E-state index in [1.54, 1.807) is 6.20 Å². The summed E-state index contributed by atoms with van der Waals surface area (Å²) in [4.78, 5) is 12.1. The Morgan fingerprint density at radius 3 is 2.82 bits per heavy atom. The van der Waals surface area contributed by atoms with Gasteiger partial charge in [0.25, 0.3) is 0 Å². The Kier molecular flexibility index (Phi) is 2.34. The van der Waals surface area contributed by atoms with Crippen molar-refractivity contribution in [2.24, 2.45) is 0 Å². The molecule has 3 rings (SSSR count). The first-order chi connectivity index (χ1) is 8.25. The van der Waals surface area contributed by atoms with Crippen molar-refractivity contribution in [3.63, 3.8) is 0 Å². The van der Waals surface area contributed by atoms with E-state index in [9.17, 15) is 0 Å². The summed E-state index contributed by atoms with van der Waals surface area (Å²) >= 11 is 6.09. The van der Waals surface area contributed by atoms with Crippen LogP contribution in [0.2, 0.25) is 5.02 Å². The van der Waals surface area contributed by atoms with Crippen LogP contribution in [0.1, 0.15) is 5.56 Å². The molecule has 2 aromatic heterocycles. The second kappa shape index (κ2) is 3.86. The summed E-state index contributed by atoms with van der Waals surface area (Å²) in [7, 11) is 0. The van der Waals surface area contributed by atoms with E-state index in [4.69, 9.17) is 11.6 Å². The Bertz CT molecular complexity index is 688. The zero-order valence-corrected chi connectivity index (χ0v) is 9.99. The summed E-state index contributed by atoms with van der Waals surface area (Å²) in [5.74, 6) is 0.756. The van der Waals surface area contributed by atoms with Gasteiger partial charge in [-0.25, -0.2) is 4.98 Å². The lowest BCUT2D eigenvalue weighted by Gasteiger charge is -1.98. The van der Waals surface area contributed by atoms with Gasteiger partial charge >= 0.3 is 0 Å². The molecule has 3 aromatic rings. The van der Waals surface area contributed by atoms with Crippen LogP contribution in [0.4, 0.5) is 0 Å². The van der Waals surface area contributed by atoms with Crippen LogP contribution in [0.5, 0.6) is 0 Å². The zero-order chi connectivity index (χ0) is 11.8. The van der Waals surface area contributed by atoms with Crippen molar-refractivity contribution in [2.75, 3.05) is 0 Å². The zero-order valence-electron chi connectivity index (χ0n) is 9.24. The summed E-state index contributed by atoms with van der Waals surface area (Å²) in [6.07, 6.45) is 1.76. The maximum atomic E-state index is 6.09. The molecule has 0 radical (unpaired) electrons. The number of aromatic amines is 1. The highest BCUT2D eigenvalue weighted by molar-refractivity contribution is 6.34. The molecule has 3 nitrogen and oxygen atoms in total. The highest BCUT2D eigenvalue weighted by Crippen LogP contribution is 2.25. The average molecular weight is 244 g/mol. The largest absolute Gasteiger partial charge is 0.337 e. The summed E-state index contributed by atoms with van der Waals surface area (Å²) in [5, 5.41) is 0.651. The van der Waals surface area contributed by atoms with Crippen molar-refractivity contribution >= 4 is 22.6 Å². The van der Waals surface area contributed by atoms with Crippen LogP contribution < -0.4 is 0 Å². The van der Waals surface area contributed by atoms with Crippen LogP contribution >= 0.6 is 11.6 Å². The van der Waals surface area contributed by atoms with Gasteiger partial charge in [0.05, 0.1) is 10.5 Å². The first kappa shape index (κ1) is 10.3. The van der Waals surface area contributed by atoms with Gasteiger partial charge in [0, 0.05) is 6.20 Å². The predicted octanol–water partition coefficient (Wildman–Crippen LogP) is 3.59. The van der Waals surface area contributed by atoms with Gasteiger partial charge < -0.3 is 4.98 Å². The Morgan fingerprint density at radius 1 is 1.18 bits per heavy atom. The standard InChI is InChI=1S/C13H10ClN3/c1-8-4-3-7-15-11(8)13-16-10-6-2-5-9(14)12(10)17-13/h2-7H,1H3,(H,16,17). The molecule has 0 saturated carbocycles. The third-order valence-electron chi connectivity index (χ3n) is 2.70. The molecule has 0 unspecified atom stereocenters. The van der Waals surface area contributed by atoms with Gasteiger partial charge in [-0.15, -0.1) is 0 Å². The molecule has 0 aliphatic rings. The quantitative estimate of drug-likeness (QED) is 0.710. The molecule has 1 aromatic carbocycles. The van der Waals surface area contributed by atoms with Crippen molar-refractivity contribution < 1.29 is 0 Å². The molecule has 0 fully saturated rings. The monoisotopic (exact) mass is 243 g/mol. The Labute approximate surface area is 103 Å². The minimum Gasteiger partial charge on any atom is -0.337 e. The summed E-state index contributed by atoms with van der Waals surface area (Å²) < 4.78 is 0. The minimum absolute atomic E-state index is 0.651. The fraction of sp³-hybridized carbons (Fsp3) is 0.0769. The third kappa shape index (κ3) is 1.68. The molecule has 0 bridgehead atoms. The number of benzene rings is 1. The number of rotatable bonds is 1. The first-order valence-corrected chi connectivity index (χ1v) is 5.70. The number of aryl methyl sites for hydroxylation is 1. The number of halogens is 1. The van der Waals surface area contributed by atoms with E-state index < -0.39 is 0 Å². The number of H-pyrrole nitrogens is 1. The number of pyridine rings is 1. The second-order valence-electron chi connectivity index (χ2n) is 3.89. The van der Waals surface area contributed by atoms with Gasteiger partial charge in [0.2, 0.25) is 0 Å². The van der Waals surface area contributed by atoms with Gasteiger partial charge in [0.1, 0.15) is 11.2 Å². The van der Waals surface area contributed by atoms with Crippen molar-refractivity contribution in [2.45, 2.75) is 6.92 Å². The van der Waals surface area contributed by atoms with E-state index in [1.807, 2.05) is 37.3 Å². The number of para-hydroxylation sites is 1. The Balaban J connectivity index is 2.26. The van der Waals surface area contributed by atoms with Crippen LogP contribution in [-0.2, 0) is 0 Å². The molecule has 0 aliphatic heterocycles. The lowest BCUT2D eigenvalue weighted by Crippen LogP contribution is -1.88. The van der Waals surface area contributed by atoms with Crippen molar-refractivity contribution in [1.29, 1.82) is 0 Å². The Morgan fingerprint density at radius 2 is 2.06 bits per heavy atom. The van der Waals surface area contributed by atoms with Crippen molar-refractivity contribution in [1.82, 2.24) is 15.0 Å². The summed E-state index contributed by atoms with van der Waals surface area (Å²) in [6.45, 7) is 2.01. The fourth-order valence-electron chi connectivity index (χ4n) is 1.84. The van der Waals surface area contributed by atoms with Gasteiger partial charge in [-0.05, 0) is 30.7 Å². The molecular formula is C13H10ClN3. The second-order valence-corrected chi connectivity index (χ2v) is 4.30. The maximum Gasteiger partial charge on any atom is 0.157 e. The van der Waals surface area contributed by atoms with Crippen LogP contribution in [0.25, 0.3) is 22.6 Å². The summed E-state index contributed by atoms with van der Waals surface area (Å²) in [5.41, 5.74) is 3.66. The molecule has 0 saturated heterocycles. The molecule has 4 heteroatoms. The van der Waals surface area contributed by atoms with Gasteiger partial charge in [-0.2, -0.15) is 0 Å². The van der Waals surface area contributed by atoms with E-state index in [2.05, 4.69) is 15.0 Å². The molecule has 0 amide bonds. The number of fused-ring (bicyclic) bond motifs is 1. The van der Waals surface area contributed by atoms with Crippen LogP contribution in [0.3, 0.4) is 0 Å². The molecule has 84 valence electrons. The van der Waals surface area contributed by atoms with Crippen LogP contribution in [-0.4, -0.2) is 15.0 Å². The highest BCUT2D eigenvalue weighted by atomic mass is 35.5. The van der Waals surface area contributed by atoms with E-state index in [-0.39, 0.29) is 0 Å². The van der Waals surface area contributed by atoms with Gasteiger partial charge in [-0.3, -0.25) is 4.98 Å². The lowest BCUT2D eigenvalue weighted by atomic mass is 10.2. The topological polar surface area (TPSA) is 41.6 Å². The number of hydrogen-bond acceptors (Lipinski definition) is 2. The molecule has 0 atom stereocenters. The van der Waals surface area contributed by atoms with E-state index >= 15 is 0 Å². The van der Waals surface area contributed by atoms with Crippen LogP contribution in [0, 0.1) is 6.92 Å². The number of nitrogens with one attached hydrogen (secondary N) is 1. The summed E-state index contributed by atoms with van der Waals surface area (Å²) in [6, 6.07) is 9.61. The molecule has 0 aliphatic carbocycles. The number of aromatic nitrogens is 3. The number of hydrogen-bond donors (Lipinski definition) is 1. The fourth-order valence-corrected chi connectivity index (χ4v) is 2.06. The molecule has 17 heavy (non-hydrogen) atoms. The third-order valence-corrected chi connectivity index (χ3v) is 3.00. The van der Waals surface area contributed by atoms with E-state index in [0.717, 1.165) is 28.1 Å². The normalized spacial score (nSPS) is 10.9. The number of nitrogens with zero attached hydrogens (tertiary/aromatic N) is 2. The Hall–Kier alpha value is -1.87. The minimum atomic E-state index is 0.651. The smallest absolute Gasteiger partial charge is 0.157 e. The predicted molar refractivity (Wildman–Crippen MR) is 69.1 cm³/mol. The van der Waals surface area contributed by atoms with Gasteiger partial charge in [0.15, 0.2) is 5.82 Å². The molecule has 0 spiro atoms. The molecular weight excluding hydrogens is 234 g/mol. The molecule has 1 N–H and O–H groups in total. The maximum absolute atomic E-state index is 6.09. The average Bonchev–Trinajstić information content (AvgIpc) is 2.75. The van der Waals surface area contributed by atoms with Crippen LogP contribution in [0.15, 0.2) is 36.5 Å². The van der Waals surface area contributed by atoms with E-state index in [0.29, 0.717) is 5.02 Å². The van der Waals surface area contributed by atoms with E-state index in [1.165, 1.54) is 0 Å².